The fraction of sp³-hybridized carbons (Fsp3) is 0.625. The summed E-state index contributed by atoms with van der Waals surface area (Å²) in [6, 6.07) is 9.72. The van der Waals surface area contributed by atoms with Crippen LogP contribution in [-0.4, -0.2) is 17.8 Å². The lowest BCUT2D eigenvalue weighted by atomic mass is 9.86. The summed E-state index contributed by atoms with van der Waals surface area (Å²) in [6.07, 6.45) is 5.35. The van der Waals surface area contributed by atoms with Gasteiger partial charge in [-0.3, -0.25) is 0 Å². The van der Waals surface area contributed by atoms with Gasteiger partial charge in [0.05, 0.1) is 0 Å². The first-order valence-corrected chi connectivity index (χ1v) is 7.98. The molecule has 0 bridgehead atoms. The van der Waals surface area contributed by atoms with Gasteiger partial charge in [-0.05, 0) is 42.7 Å². The predicted molar refractivity (Wildman–Crippen MR) is 79.2 cm³/mol. The minimum atomic E-state index is 0.419. The number of fused-ring (bicyclic) bond motifs is 1. The standard InChI is InChI=1S/C16H23NS/c1-16(2,11-17-13-7-8-13)10-14-9-12-5-3-4-6-15(12)18-14/h3-6,13-14,17H,7-11H2,1-2H3. The minimum absolute atomic E-state index is 0.419. The molecular formula is C16H23NS. The zero-order chi connectivity index (χ0) is 12.6. The van der Waals surface area contributed by atoms with Crippen LogP contribution in [0.4, 0.5) is 0 Å². The van der Waals surface area contributed by atoms with Crippen LogP contribution in [0.2, 0.25) is 0 Å². The van der Waals surface area contributed by atoms with Crippen LogP contribution in [0.15, 0.2) is 29.2 Å². The Balaban J connectivity index is 1.54. The monoisotopic (exact) mass is 261 g/mol. The first kappa shape index (κ1) is 12.6. The second kappa shape index (κ2) is 4.90. The molecule has 3 rings (SSSR count). The van der Waals surface area contributed by atoms with Crippen molar-refractivity contribution < 1.29 is 0 Å². The Labute approximate surface area is 115 Å². The Bertz CT molecular complexity index is 398. The molecule has 0 amide bonds. The molecule has 1 fully saturated rings. The maximum absolute atomic E-state index is 3.68. The van der Waals surface area contributed by atoms with E-state index < -0.39 is 0 Å². The highest BCUT2D eigenvalue weighted by molar-refractivity contribution is 8.00. The summed E-state index contributed by atoms with van der Waals surface area (Å²) in [5.41, 5.74) is 1.97. The number of hydrogen-bond donors (Lipinski definition) is 1. The van der Waals surface area contributed by atoms with Crippen LogP contribution in [0.3, 0.4) is 0 Å². The van der Waals surface area contributed by atoms with Crippen molar-refractivity contribution >= 4 is 11.8 Å². The van der Waals surface area contributed by atoms with Crippen LogP contribution in [0.25, 0.3) is 0 Å². The molecule has 1 aromatic carbocycles. The molecule has 0 aromatic heterocycles. The van der Waals surface area contributed by atoms with Crippen molar-refractivity contribution in [1.29, 1.82) is 0 Å². The summed E-state index contributed by atoms with van der Waals surface area (Å²) < 4.78 is 0. The third kappa shape index (κ3) is 3.10. The van der Waals surface area contributed by atoms with Gasteiger partial charge in [0.1, 0.15) is 0 Å². The van der Waals surface area contributed by atoms with Gasteiger partial charge in [-0.2, -0.15) is 0 Å². The first-order valence-electron chi connectivity index (χ1n) is 7.10. The Morgan fingerprint density at radius 3 is 2.78 bits per heavy atom. The van der Waals surface area contributed by atoms with Gasteiger partial charge in [-0.1, -0.05) is 32.0 Å². The van der Waals surface area contributed by atoms with Crippen molar-refractivity contribution in [2.24, 2.45) is 5.41 Å². The van der Waals surface area contributed by atoms with E-state index in [-0.39, 0.29) is 0 Å². The average Bonchev–Trinajstić information content (AvgIpc) is 3.06. The fourth-order valence-electron chi connectivity index (χ4n) is 2.76. The number of nitrogens with one attached hydrogen (secondary N) is 1. The van der Waals surface area contributed by atoms with Gasteiger partial charge in [-0.25, -0.2) is 0 Å². The lowest BCUT2D eigenvalue weighted by molar-refractivity contribution is 0.310. The molecule has 0 radical (unpaired) electrons. The van der Waals surface area contributed by atoms with Gasteiger partial charge in [0, 0.05) is 22.7 Å². The largest absolute Gasteiger partial charge is 0.313 e. The Kier molecular flexibility index (Phi) is 3.42. The molecule has 18 heavy (non-hydrogen) atoms. The van der Waals surface area contributed by atoms with Crippen molar-refractivity contribution in [1.82, 2.24) is 5.32 Å². The lowest BCUT2D eigenvalue weighted by Crippen LogP contribution is -2.33. The molecule has 1 aliphatic heterocycles. The summed E-state index contributed by atoms with van der Waals surface area (Å²) >= 11 is 2.09. The smallest absolute Gasteiger partial charge is 0.0141 e. The van der Waals surface area contributed by atoms with Crippen molar-refractivity contribution in [3.05, 3.63) is 29.8 Å². The third-order valence-electron chi connectivity index (χ3n) is 3.94. The third-order valence-corrected chi connectivity index (χ3v) is 5.26. The van der Waals surface area contributed by atoms with Gasteiger partial charge in [-0.15, -0.1) is 11.8 Å². The highest BCUT2D eigenvalue weighted by Gasteiger charge is 2.30. The summed E-state index contributed by atoms with van der Waals surface area (Å²) in [6.45, 7) is 5.99. The highest BCUT2D eigenvalue weighted by atomic mass is 32.2. The van der Waals surface area contributed by atoms with E-state index in [9.17, 15) is 0 Å². The van der Waals surface area contributed by atoms with Gasteiger partial charge in [0.15, 0.2) is 0 Å². The molecule has 2 aliphatic rings. The summed E-state index contributed by atoms with van der Waals surface area (Å²) in [5, 5.41) is 4.46. The van der Waals surface area contributed by atoms with Gasteiger partial charge < -0.3 is 5.32 Å². The van der Waals surface area contributed by atoms with Gasteiger partial charge >= 0.3 is 0 Å². The molecule has 0 saturated heterocycles. The topological polar surface area (TPSA) is 12.0 Å². The van der Waals surface area contributed by atoms with Gasteiger partial charge in [0.2, 0.25) is 0 Å². The van der Waals surface area contributed by atoms with E-state index >= 15 is 0 Å². The summed E-state index contributed by atoms with van der Waals surface area (Å²) in [4.78, 5) is 1.51. The van der Waals surface area contributed by atoms with Crippen LogP contribution in [0.1, 0.15) is 38.7 Å². The molecule has 1 aliphatic carbocycles. The SMILES string of the molecule is CC(C)(CNC1CC1)CC1Cc2ccccc2S1. The minimum Gasteiger partial charge on any atom is -0.313 e. The zero-order valence-electron chi connectivity index (χ0n) is 11.4. The first-order chi connectivity index (χ1) is 8.62. The Morgan fingerprint density at radius 2 is 2.06 bits per heavy atom. The molecule has 1 saturated carbocycles. The average molecular weight is 261 g/mol. The molecule has 98 valence electrons. The molecule has 1 aromatic rings. The lowest BCUT2D eigenvalue weighted by Gasteiger charge is -2.28. The maximum atomic E-state index is 3.68. The van der Waals surface area contributed by atoms with E-state index in [4.69, 9.17) is 0 Å². The van der Waals surface area contributed by atoms with Crippen molar-refractivity contribution in [2.75, 3.05) is 6.54 Å². The van der Waals surface area contributed by atoms with E-state index in [0.29, 0.717) is 5.41 Å². The molecule has 1 heterocycles. The number of thioether (sulfide) groups is 1. The second-order valence-corrected chi connectivity index (χ2v) is 7.92. The van der Waals surface area contributed by atoms with Gasteiger partial charge in [0.25, 0.3) is 0 Å². The molecule has 1 nitrogen and oxygen atoms in total. The molecule has 2 heteroatoms. The van der Waals surface area contributed by atoms with Crippen LogP contribution in [-0.2, 0) is 6.42 Å². The van der Waals surface area contributed by atoms with Crippen LogP contribution in [0, 0.1) is 5.41 Å². The van der Waals surface area contributed by atoms with Crippen LogP contribution >= 0.6 is 11.8 Å². The molecule has 1 unspecified atom stereocenters. The van der Waals surface area contributed by atoms with Crippen molar-refractivity contribution in [2.45, 2.75) is 55.7 Å². The van der Waals surface area contributed by atoms with E-state index in [1.54, 1.807) is 5.56 Å². The van der Waals surface area contributed by atoms with Crippen molar-refractivity contribution in [3.63, 3.8) is 0 Å². The van der Waals surface area contributed by atoms with E-state index in [0.717, 1.165) is 11.3 Å². The quantitative estimate of drug-likeness (QED) is 0.863. The Hall–Kier alpha value is -0.470. The fourth-order valence-corrected chi connectivity index (χ4v) is 4.38. The molecule has 1 N–H and O–H groups in total. The number of hydrogen-bond acceptors (Lipinski definition) is 2. The number of benzene rings is 1. The summed E-state index contributed by atoms with van der Waals surface area (Å²) in [7, 11) is 0. The number of rotatable bonds is 5. The van der Waals surface area contributed by atoms with E-state index in [2.05, 4.69) is 55.2 Å². The van der Waals surface area contributed by atoms with E-state index in [1.165, 1.54) is 37.1 Å². The molecule has 0 spiro atoms. The Morgan fingerprint density at radius 1 is 1.28 bits per heavy atom. The highest BCUT2D eigenvalue weighted by Crippen LogP contribution is 2.41. The van der Waals surface area contributed by atoms with Crippen molar-refractivity contribution in [3.8, 4) is 0 Å². The molecular weight excluding hydrogens is 238 g/mol. The maximum Gasteiger partial charge on any atom is 0.0141 e. The predicted octanol–water partition coefficient (Wildman–Crippen LogP) is 3.87. The molecule has 1 atom stereocenters. The zero-order valence-corrected chi connectivity index (χ0v) is 12.2. The van der Waals surface area contributed by atoms with Crippen LogP contribution < -0.4 is 5.32 Å². The normalized spacial score (nSPS) is 23.1. The second-order valence-electron chi connectivity index (χ2n) is 6.58. The van der Waals surface area contributed by atoms with Crippen LogP contribution in [0.5, 0.6) is 0 Å². The van der Waals surface area contributed by atoms with E-state index in [1.807, 2.05) is 0 Å². The summed E-state index contributed by atoms with van der Waals surface area (Å²) in [5.74, 6) is 0.